The van der Waals surface area contributed by atoms with Crippen LogP contribution in [0.5, 0.6) is 0 Å². The molecule has 1 aromatic rings. The minimum atomic E-state index is -2.51. The van der Waals surface area contributed by atoms with E-state index >= 15 is 0 Å². The molecule has 14 heavy (non-hydrogen) atoms. The second-order valence-corrected chi connectivity index (χ2v) is 3.61. The summed E-state index contributed by atoms with van der Waals surface area (Å²) in [7, 11) is 0. The number of carbonyl (C=O) groups excluding carboxylic acids is 2. The lowest BCUT2D eigenvalue weighted by atomic mass is 10.1. The molecule has 1 unspecified atom stereocenters. The van der Waals surface area contributed by atoms with Gasteiger partial charge in [0, 0.05) is 4.90 Å². The molecule has 1 heterocycles. The van der Waals surface area contributed by atoms with E-state index in [1.807, 2.05) is 0 Å². The van der Waals surface area contributed by atoms with Crippen molar-refractivity contribution in [2.24, 2.45) is 0 Å². The van der Waals surface area contributed by atoms with Gasteiger partial charge in [0.15, 0.2) is 0 Å². The largest absolute Gasteiger partial charge is 0.768 e. The Bertz CT molecular complexity index is 468. The minimum absolute atomic E-state index is 0.0640. The highest BCUT2D eigenvalue weighted by Gasteiger charge is 2.30. The van der Waals surface area contributed by atoms with Crippen molar-refractivity contribution in [3.63, 3.8) is 0 Å². The first-order valence-electron chi connectivity index (χ1n) is 3.69. The molecular weight excluding hydrogens is 206 g/mol. The lowest BCUT2D eigenvalue weighted by Gasteiger charge is -2.07. The first-order chi connectivity index (χ1) is 6.61. The molecule has 1 aliphatic heterocycles. The van der Waals surface area contributed by atoms with Crippen LogP contribution in [0.3, 0.4) is 0 Å². The van der Waals surface area contributed by atoms with Crippen molar-refractivity contribution in [1.82, 2.24) is 0 Å². The molecule has 0 bridgehead atoms. The summed E-state index contributed by atoms with van der Waals surface area (Å²) >= 11 is -2.51. The number of benzene rings is 1. The summed E-state index contributed by atoms with van der Waals surface area (Å²) in [5.41, 5.74) is 0.188. The highest BCUT2D eigenvalue weighted by Crippen LogP contribution is 2.27. The summed E-state index contributed by atoms with van der Waals surface area (Å²) in [6.45, 7) is 0. The molecule has 1 aliphatic rings. The first kappa shape index (κ1) is 9.04. The van der Waals surface area contributed by atoms with Gasteiger partial charge >= 0.3 is 0 Å². The number of nitrogens with one attached hydrogen (secondary N) is 1. The number of amides is 1. The third-order valence-electron chi connectivity index (χ3n) is 1.89. The van der Waals surface area contributed by atoms with Gasteiger partial charge in [-0.05, 0) is 23.2 Å². The van der Waals surface area contributed by atoms with Gasteiger partial charge < -0.3 is 9.87 Å². The Labute approximate surface area is 81.4 Å². The molecule has 0 saturated heterocycles. The molecule has 2 rings (SSSR count). The van der Waals surface area contributed by atoms with Crippen molar-refractivity contribution >= 4 is 28.5 Å². The number of hydrogen-bond acceptors (Lipinski definition) is 4. The van der Waals surface area contributed by atoms with Gasteiger partial charge in [0.2, 0.25) is 0 Å². The number of carbonyl (C=O) groups is 2. The van der Waals surface area contributed by atoms with Crippen molar-refractivity contribution < 1.29 is 18.4 Å². The topological polar surface area (TPSA) is 86.3 Å². The summed E-state index contributed by atoms with van der Waals surface area (Å²) in [6, 6.07) is 4.22. The van der Waals surface area contributed by atoms with Crippen LogP contribution in [0.25, 0.3) is 0 Å². The van der Waals surface area contributed by atoms with Crippen LogP contribution in [0.1, 0.15) is 10.4 Å². The molecular formula is C8H4NO4S-. The van der Waals surface area contributed by atoms with Crippen LogP contribution < -0.4 is 5.32 Å². The third kappa shape index (κ3) is 1.16. The zero-order valence-electron chi connectivity index (χ0n) is 6.77. The molecule has 5 nitrogen and oxygen atoms in total. The molecule has 0 aromatic heterocycles. The SMILES string of the molecule is O=C1Nc2cccc(S(=O)[O-])c2C1=O. The second kappa shape index (κ2) is 3.00. The smallest absolute Gasteiger partial charge is 0.296 e. The normalized spacial score (nSPS) is 16.4. The van der Waals surface area contributed by atoms with Crippen molar-refractivity contribution in [2.75, 3.05) is 5.32 Å². The molecule has 0 fully saturated rings. The maximum absolute atomic E-state index is 11.2. The van der Waals surface area contributed by atoms with E-state index in [2.05, 4.69) is 5.32 Å². The quantitative estimate of drug-likeness (QED) is 0.524. The fourth-order valence-corrected chi connectivity index (χ4v) is 1.86. The van der Waals surface area contributed by atoms with E-state index < -0.39 is 22.8 Å². The van der Waals surface area contributed by atoms with Crippen LogP contribution >= 0.6 is 0 Å². The maximum Gasteiger partial charge on any atom is 0.296 e. The van der Waals surface area contributed by atoms with E-state index in [9.17, 15) is 18.4 Å². The Morgan fingerprint density at radius 1 is 1.29 bits per heavy atom. The van der Waals surface area contributed by atoms with Crippen molar-refractivity contribution in [3.8, 4) is 0 Å². The number of anilines is 1. The molecule has 0 aliphatic carbocycles. The van der Waals surface area contributed by atoms with Gasteiger partial charge in [0.25, 0.3) is 11.7 Å². The lowest BCUT2D eigenvalue weighted by Crippen LogP contribution is -2.13. The number of ketones is 1. The summed E-state index contributed by atoms with van der Waals surface area (Å²) in [6.07, 6.45) is 0. The Kier molecular flexibility index (Phi) is 1.94. The van der Waals surface area contributed by atoms with E-state index in [0.29, 0.717) is 0 Å². The molecule has 0 saturated carbocycles. The van der Waals surface area contributed by atoms with E-state index in [-0.39, 0.29) is 16.1 Å². The van der Waals surface area contributed by atoms with Gasteiger partial charge in [-0.2, -0.15) is 0 Å². The Hall–Kier alpha value is -1.53. The van der Waals surface area contributed by atoms with Crippen LogP contribution in [0.2, 0.25) is 0 Å². The fourth-order valence-electron chi connectivity index (χ4n) is 1.30. The number of hydrogen-bond donors (Lipinski definition) is 1. The summed E-state index contributed by atoms with van der Waals surface area (Å²) in [4.78, 5) is 22.0. The lowest BCUT2D eigenvalue weighted by molar-refractivity contribution is -0.112. The molecule has 1 atom stereocenters. The van der Waals surface area contributed by atoms with Gasteiger partial charge in [0.1, 0.15) is 0 Å². The van der Waals surface area contributed by atoms with E-state index in [1.165, 1.54) is 18.2 Å². The van der Waals surface area contributed by atoms with Crippen LogP contribution in [0.4, 0.5) is 5.69 Å². The van der Waals surface area contributed by atoms with Crippen LogP contribution in [-0.2, 0) is 15.9 Å². The molecule has 6 heteroatoms. The van der Waals surface area contributed by atoms with Crippen molar-refractivity contribution in [1.29, 1.82) is 0 Å². The highest BCUT2D eigenvalue weighted by atomic mass is 32.2. The second-order valence-electron chi connectivity index (χ2n) is 2.70. The summed E-state index contributed by atoms with van der Waals surface area (Å²) < 4.78 is 21.4. The van der Waals surface area contributed by atoms with Crippen LogP contribution in [0.15, 0.2) is 23.1 Å². The predicted molar refractivity (Wildman–Crippen MR) is 46.6 cm³/mol. The van der Waals surface area contributed by atoms with Crippen molar-refractivity contribution in [2.45, 2.75) is 4.90 Å². The van der Waals surface area contributed by atoms with E-state index in [4.69, 9.17) is 0 Å². The van der Waals surface area contributed by atoms with E-state index in [0.717, 1.165) is 0 Å². The van der Waals surface area contributed by atoms with Crippen LogP contribution in [-0.4, -0.2) is 20.5 Å². The summed E-state index contributed by atoms with van der Waals surface area (Å²) in [5, 5.41) is 2.28. The highest BCUT2D eigenvalue weighted by molar-refractivity contribution is 7.79. The molecule has 1 aromatic carbocycles. The Balaban J connectivity index is 2.70. The van der Waals surface area contributed by atoms with Gasteiger partial charge in [-0.15, -0.1) is 0 Å². The maximum atomic E-state index is 11.2. The van der Waals surface area contributed by atoms with Gasteiger partial charge in [-0.25, -0.2) is 0 Å². The predicted octanol–water partition coefficient (Wildman–Crippen LogP) is 0.0594. The summed E-state index contributed by atoms with van der Waals surface area (Å²) in [5.74, 6) is -1.60. The third-order valence-corrected chi connectivity index (χ3v) is 2.59. The molecule has 1 amide bonds. The molecule has 0 radical (unpaired) electrons. The van der Waals surface area contributed by atoms with Crippen LogP contribution in [0, 0.1) is 0 Å². The van der Waals surface area contributed by atoms with Gasteiger partial charge in [0.05, 0.1) is 11.3 Å². The zero-order chi connectivity index (χ0) is 10.3. The van der Waals surface area contributed by atoms with Gasteiger partial charge in [-0.3, -0.25) is 13.8 Å². The van der Waals surface area contributed by atoms with E-state index in [1.54, 1.807) is 0 Å². The average Bonchev–Trinajstić information content (AvgIpc) is 2.43. The standard InChI is InChI=1S/C8H5NO4S/c10-7-6-4(9-8(7)11)2-1-3-5(6)14(12)13/h1-3H,(H,12,13)(H,9,10,11)/p-1. The molecule has 72 valence electrons. The molecule has 0 spiro atoms. The first-order valence-corrected chi connectivity index (χ1v) is 4.76. The fraction of sp³-hybridized carbons (Fsp3) is 0. The van der Waals surface area contributed by atoms with Crippen molar-refractivity contribution in [3.05, 3.63) is 23.8 Å². The minimum Gasteiger partial charge on any atom is -0.768 e. The zero-order valence-corrected chi connectivity index (χ0v) is 7.59. The number of Topliss-reactive ketones (excluding diaryl/α,β-unsaturated/α-hetero) is 1. The Morgan fingerprint density at radius 2 is 2.00 bits per heavy atom. The monoisotopic (exact) mass is 210 g/mol. The molecule has 1 N–H and O–H groups in total. The number of fused-ring (bicyclic) bond motifs is 1. The number of rotatable bonds is 1. The average molecular weight is 210 g/mol. The Morgan fingerprint density at radius 3 is 2.64 bits per heavy atom. The van der Waals surface area contributed by atoms with Gasteiger partial charge in [-0.1, -0.05) is 6.07 Å².